The minimum Gasteiger partial charge on any atom is -0.271 e. The maximum absolute atomic E-state index is 14.1. The molecule has 1 aromatic heterocycles. The van der Waals surface area contributed by atoms with Gasteiger partial charge in [0.25, 0.3) is 0 Å². The Balaban J connectivity index is 2.04. The van der Waals surface area contributed by atoms with Gasteiger partial charge in [0.2, 0.25) is 0 Å². The highest BCUT2D eigenvalue weighted by Gasteiger charge is 2.31. The van der Waals surface area contributed by atoms with Gasteiger partial charge in [-0.25, -0.2) is 8.78 Å². The third kappa shape index (κ3) is 2.54. The molecule has 0 spiro atoms. The third-order valence-electron chi connectivity index (χ3n) is 4.14. The van der Waals surface area contributed by atoms with E-state index in [4.69, 9.17) is 5.84 Å². The minimum absolute atomic E-state index is 0.0590. The average Bonchev–Trinajstić information content (AvgIpc) is 2.52. The molecule has 0 amide bonds. The van der Waals surface area contributed by atoms with Gasteiger partial charge in [-0.15, -0.1) is 0 Å². The van der Waals surface area contributed by atoms with Crippen LogP contribution in [0.3, 0.4) is 0 Å². The Morgan fingerprint density at radius 2 is 2.10 bits per heavy atom. The number of nitrogens with zero attached hydrogens (tertiary/aromatic N) is 1. The normalized spacial score (nSPS) is 19.1. The minimum atomic E-state index is -0.857. The molecular weight excluding hydrogens is 272 g/mol. The fourth-order valence-corrected chi connectivity index (χ4v) is 3.15. The number of hydrazine groups is 1. The largest absolute Gasteiger partial charge is 0.271 e. The van der Waals surface area contributed by atoms with E-state index in [0.717, 1.165) is 36.6 Å². The zero-order chi connectivity index (χ0) is 14.8. The molecule has 0 bridgehead atoms. The molecule has 1 heterocycles. The molecule has 21 heavy (non-hydrogen) atoms. The van der Waals surface area contributed by atoms with Crippen LogP contribution in [0.5, 0.6) is 0 Å². The van der Waals surface area contributed by atoms with Gasteiger partial charge in [-0.1, -0.05) is 18.2 Å². The lowest BCUT2D eigenvalue weighted by Gasteiger charge is -2.31. The topological polar surface area (TPSA) is 50.9 Å². The van der Waals surface area contributed by atoms with Gasteiger partial charge < -0.3 is 0 Å². The van der Waals surface area contributed by atoms with Crippen molar-refractivity contribution in [1.82, 2.24) is 10.4 Å². The quantitative estimate of drug-likeness (QED) is 0.674. The van der Waals surface area contributed by atoms with E-state index in [2.05, 4.69) is 10.4 Å². The van der Waals surface area contributed by atoms with Crippen LogP contribution in [0.15, 0.2) is 36.5 Å². The summed E-state index contributed by atoms with van der Waals surface area (Å²) in [5.41, 5.74) is 4.99. The van der Waals surface area contributed by atoms with Gasteiger partial charge in [0.15, 0.2) is 11.6 Å². The van der Waals surface area contributed by atoms with Crippen LogP contribution in [-0.2, 0) is 6.42 Å². The van der Waals surface area contributed by atoms with E-state index in [9.17, 15) is 8.78 Å². The molecule has 2 aromatic rings. The van der Waals surface area contributed by atoms with Gasteiger partial charge >= 0.3 is 0 Å². The number of fused-ring (bicyclic) bond motifs is 1. The summed E-state index contributed by atoms with van der Waals surface area (Å²) >= 11 is 0. The Labute approximate surface area is 122 Å². The Bertz CT molecular complexity index is 645. The number of benzene rings is 1. The highest BCUT2D eigenvalue weighted by Crippen LogP contribution is 2.39. The molecule has 0 saturated carbocycles. The molecule has 3 rings (SSSR count). The molecule has 1 aliphatic carbocycles. The second kappa shape index (κ2) is 5.87. The second-order valence-electron chi connectivity index (χ2n) is 5.33. The van der Waals surface area contributed by atoms with Crippen LogP contribution in [0.25, 0.3) is 0 Å². The first-order valence-corrected chi connectivity index (χ1v) is 7.06. The fraction of sp³-hybridized carbons (Fsp3) is 0.312. The molecular formula is C16H17F2N3. The Kier molecular flexibility index (Phi) is 3.94. The van der Waals surface area contributed by atoms with Crippen molar-refractivity contribution < 1.29 is 8.78 Å². The van der Waals surface area contributed by atoms with Crippen molar-refractivity contribution in [2.75, 3.05) is 0 Å². The van der Waals surface area contributed by atoms with Crippen molar-refractivity contribution in [2.45, 2.75) is 31.2 Å². The maximum atomic E-state index is 14.1. The molecule has 1 aliphatic rings. The molecule has 0 radical (unpaired) electrons. The SMILES string of the molecule is NNC(c1cccc(F)c1F)C1CCCc2cccnc21. The van der Waals surface area contributed by atoms with Crippen LogP contribution in [0.2, 0.25) is 0 Å². The van der Waals surface area contributed by atoms with E-state index in [1.165, 1.54) is 6.07 Å². The summed E-state index contributed by atoms with van der Waals surface area (Å²) in [6.45, 7) is 0. The predicted octanol–water partition coefficient (Wildman–Crippen LogP) is 2.98. The summed E-state index contributed by atoms with van der Waals surface area (Å²) in [6.07, 6.45) is 4.52. The Morgan fingerprint density at radius 3 is 2.90 bits per heavy atom. The van der Waals surface area contributed by atoms with E-state index in [1.807, 2.05) is 12.1 Å². The lowest BCUT2D eigenvalue weighted by Crippen LogP contribution is -2.35. The molecule has 1 aromatic carbocycles. The van der Waals surface area contributed by atoms with E-state index < -0.39 is 17.7 Å². The van der Waals surface area contributed by atoms with Crippen molar-refractivity contribution in [2.24, 2.45) is 5.84 Å². The van der Waals surface area contributed by atoms with Gasteiger partial charge in [-0.3, -0.25) is 16.3 Å². The van der Waals surface area contributed by atoms with Crippen LogP contribution in [0.4, 0.5) is 8.78 Å². The van der Waals surface area contributed by atoms with Crippen molar-refractivity contribution >= 4 is 0 Å². The standard InChI is InChI=1S/C16H17F2N3/c17-13-8-2-6-11(14(13)18)16(21-19)12-7-1-4-10-5-3-9-20-15(10)12/h2-3,5-6,8-9,12,16,21H,1,4,7,19H2. The highest BCUT2D eigenvalue weighted by atomic mass is 19.2. The van der Waals surface area contributed by atoms with Gasteiger partial charge in [-0.05, 0) is 37.0 Å². The van der Waals surface area contributed by atoms with Crippen LogP contribution in [0.1, 0.15) is 41.6 Å². The average molecular weight is 289 g/mol. The fourth-order valence-electron chi connectivity index (χ4n) is 3.15. The van der Waals surface area contributed by atoms with Crippen molar-refractivity contribution in [3.05, 3.63) is 65.0 Å². The number of rotatable bonds is 3. The number of nitrogens with one attached hydrogen (secondary N) is 1. The van der Waals surface area contributed by atoms with Gasteiger partial charge in [0.1, 0.15) is 0 Å². The number of hydrogen-bond acceptors (Lipinski definition) is 3. The molecule has 2 atom stereocenters. The molecule has 5 heteroatoms. The zero-order valence-electron chi connectivity index (χ0n) is 11.5. The highest BCUT2D eigenvalue weighted by molar-refractivity contribution is 5.32. The van der Waals surface area contributed by atoms with Gasteiger partial charge in [-0.2, -0.15) is 0 Å². The monoisotopic (exact) mass is 289 g/mol. The Hall–Kier alpha value is -1.85. The van der Waals surface area contributed by atoms with Gasteiger partial charge in [0, 0.05) is 23.4 Å². The van der Waals surface area contributed by atoms with Crippen molar-refractivity contribution in [3.63, 3.8) is 0 Å². The van der Waals surface area contributed by atoms with Crippen LogP contribution in [-0.4, -0.2) is 4.98 Å². The van der Waals surface area contributed by atoms with E-state index in [1.54, 1.807) is 12.3 Å². The molecule has 0 saturated heterocycles. The number of halogens is 2. The summed E-state index contributed by atoms with van der Waals surface area (Å²) in [7, 11) is 0. The zero-order valence-corrected chi connectivity index (χ0v) is 11.5. The second-order valence-corrected chi connectivity index (χ2v) is 5.33. The van der Waals surface area contributed by atoms with E-state index in [0.29, 0.717) is 0 Å². The first-order valence-electron chi connectivity index (χ1n) is 7.06. The molecule has 110 valence electrons. The number of pyridine rings is 1. The summed E-state index contributed by atoms with van der Waals surface area (Å²) < 4.78 is 27.6. The first kappa shape index (κ1) is 14.1. The number of nitrogens with two attached hydrogens (primary N) is 1. The molecule has 3 N–H and O–H groups in total. The molecule has 3 nitrogen and oxygen atoms in total. The van der Waals surface area contributed by atoms with Crippen molar-refractivity contribution in [1.29, 1.82) is 0 Å². The summed E-state index contributed by atoms with van der Waals surface area (Å²) in [4.78, 5) is 4.44. The first-order chi connectivity index (χ1) is 10.2. The number of hydrogen-bond donors (Lipinski definition) is 2. The number of aryl methyl sites for hydroxylation is 1. The summed E-state index contributed by atoms with van der Waals surface area (Å²) in [5, 5.41) is 0. The van der Waals surface area contributed by atoms with Crippen molar-refractivity contribution in [3.8, 4) is 0 Å². The number of aromatic nitrogens is 1. The third-order valence-corrected chi connectivity index (χ3v) is 4.14. The predicted molar refractivity (Wildman–Crippen MR) is 76.3 cm³/mol. The lowest BCUT2D eigenvalue weighted by molar-refractivity contribution is 0.380. The van der Waals surface area contributed by atoms with E-state index in [-0.39, 0.29) is 11.5 Å². The molecule has 2 unspecified atom stereocenters. The van der Waals surface area contributed by atoms with Crippen LogP contribution in [0, 0.1) is 11.6 Å². The van der Waals surface area contributed by atoms with Crippen LogP contribution < -0.4 is 11.3 Å². The lowest BCUT2D eigenvalue weighted by atomic mass is 9.79. The summed E-state index contributed by atoms with van der Waals surface area (Å²) in [5.74, 6) is 3.89. The summed E-state index contributed by atoms with van der Waals surface area (Å²) in [6, 6.07) is 7.62. The molecule has 0 fully saturated rings. The maximum Gasteiger partial charge on any atom is 0.163 e. The molecule has 0 aliphatic heterocycles. The van der Waals surface area contributed by atoms with Crippen LogP contribution >= 0.6 is 0 Å². The van der Waals surface area contributed by atoms with Gasteiger partial charge in [0.05, 0.1) is 6.04 Å². The smallest absolute Gasteiger partial charge is 0.163 e. The Morgan fingerprint density at radius 1 is 1.24 bits per heavy atom. The van der Waals surface area contributed by atoms with E-state index >= 15 is 0 Å².